The number of nitrogens with one attached hydrogen (secondary N) is 1. The third kappa shape index (κ3) is 3.33. The van der Waals surface area contributed by atoms with Crippen molar-refractivity contribution >= 4 is 0 Å². The predicted molar refractivity (Wildman–Crippen MR) is 77.2 cm³/mol. The van der Waals surface area contributed by atoms with E-state index in [0.717, 1.165) is 11.1 Å². The Labute approximate surface area is 118 Å². The Kier molecular flexibility index (Phi) is 4.69. The van der Waals surface area contributed by atoms with Crippen molar-refractivity contribution in [1.82, 2.24) is 10.3 Å². The van der Waals surface area contributed by atoms with Gasteiger partial charge < -0.3 is 10.1 Å². The van der Waals surface area contributed by atoms with Crippen molar-refractivity contribution in [2.75, 3.05) is 7.11 Å². The molecule has 0 saturated heterocycles. The van der Waals surface area contributed by atoms with Gasteiger partial charge >= 0.3 is 0 Å². The molecule has 3 nitrogen and oxygen atoms in total. The Morgan fingerprint density at radius 3 is 2.55 bits per heavy atom. The maximum absolute atomic E-state index is 13.4. The van der Waals surface area contributed by atoms with Gasteiger partial charge in [-0.2, -0.15) is 0 Å². The second-order valence-electron chi connectivity index (χ2n) is 4.79. The lowest BCUT2D eigenvalue weighted by Crippen LogP contribution is -2.22. The van der Waals surface area contributed by atoms with E-state index in [0.29, 0.717) is 0 Å². The smallest absolute Gasteiger partial charge is 0.165 e. The van der Waals surface area contributed by atoms with Gasteiger partial charge in [0.25, 0.3) is 0 Å². The minimum atomic E-state index is -0.344. The van der Waals surface area contributed by atoms with Gasteiger partial charge in [0.05, 0.1) is 7.11 Å². The molecule has 1 aromatic carbocycles. The highest BCUT2D eigenvalue weighted by molar-refractivity contribution is 5.32. The fraction of sp³-hybridized carbons (Fsp3) is 0.312. The minimum Gasteiger partial charge on any atom is -0.494 e. The lowest BCUT2D eigenvalue weighted by atomic mass is 10.0. The first kappa shape index (κ1) is 14.5. The molecule has 4 heteroatoms. The average Bonchev–Trinajstić information content (AvgIpc) is 2.48. The summed E-state index contributed by atoms with van der Waals surface area (Å²) in [5, 5.41) is 3.47. The van der Waals surface area contributed by atoms with E-state index in [-0.39, 0.29) is 23.7 Å². The van der Waals surface area contributed by atoms with Crippen LogP contribution in [0.3, 0.4) is 0 Å². The molecule has 0 aliphatic heterocycles. The molecule has 0 amide bonds. The zero-order valence-corrected chi connectivity index (χ0v) is 11.9. The van der Waals surface area contributed by atoms with Gasteiger partial charge in [-0.1, -0.05) is 12.1 Å². The van der Waals surface area contributed by atoms with Crippen molar-refractivity contribution < 1.29 is 9.13 Å². The van der Waals surface area contributed by atoms with Crippen molar-refractivity contribution in [3.8, 4) is 5.75 Å². The van der Waals surface area contributed by atoms with E-state index >= 15 is 0 Å². The molecule has 2 atom stereocenters. The van der Waals surface area contributed by atoms with Crippen LogP contribution in [0.2, 0.25) is 0 Å². The molecule has 0 bridgehead atoms. The molecule has 0 spiro atoms. The molecule has 1 aromatic heterocycles. The van der Waals surface area contributed by atoms with Gasteiger partial charge in [-0.25, -0.2) is 4.39 Å². The van der Waals surface area contributed by atoms with Gasteiger partial charge in [-0.15, -0.1) is 0 Å². The highest BCUT2D eigenvalue weighted by atomic mass is 19.1. The standard InChI is InChI=1S/C16H19FN2O/c1-11(13-6-7-15(17)16(9-13)20-3)19-12(2)14-5-4-8-18-10-14/h4-12,19H,1-3H3/t11?,12-/m1/s1. The summed E-state index contributed by atoms with van der Waals surface area (Å²) in [6.45, 7) is 4.12. The van der Waals surface area contributed by atoms with Crippen molar-refractivity contribution in [1.29, 1.82) is 0 Å². The Morgan fingerprint density at radius 1 is 1.15 bits per heavy atom. The Bertz CT molecular complexity index is 560. The molecule has 2 rings (SSSR count). The summed E-state index contributed by atoms with van der Waals surface area (Å²) in [6, 6.07) is 9.12. The molecule has 2 aromatic rings. The van der Waals surface area contributed by atoms with Crippen LogP contribution >= 0.6 is 0 Å². The van der Waals surface area contributed by atoms with Gasteiger partial charge in [0.1, 0.15) is 0 Å². The van der Waals surface area contributed by atoms with Crippen LogP contribution in [-0.2, 0) is 0 Å². The van der Waals surface area contributed by atoms with Gasteiger partial charge in [0.15, 0.2) is 11.6 Å². The lowest BCUT2D eigenvalue weighted by molar-refractivity contribution is 0.384. The Morgan fingerprint density at radius 2 is 1.90 bits per heavy atom. The van der Waals surface area contributed by atoms with Crippen molar-refractivity contribution in [3.05, 3.63) is 59.7 Å². The number of hydrogen-bond donors (Lipinski definition) is 1. The van der Waals surface area contributed by atoms with Gasteiger partial charge in [-0.05, 0) is 43.2 Å². The van der Waals surface area contributed by atoms with Crippen LogP contribution < -0.4 is 10.1 Å². The number of hydrogen-bond acceptors (Lipinski definition) is 3. The number of rotatable bonds is 5. The zero-order valence-electron chi connectivity index (χ0n) is 11.9. The van der Waals surface area contributed by atoms with Crippen LogP contribution in [-0.4, -0.2) is 12.1 Å². The van der Waals surface area contributed by atoms with E-state index in [9.17, 15) is 4.39 Å². The number of pyridine rings is 1. The van der Waals surface area contributed by atoms with Crippen LogP contribution in [0.1, 0.15) is 37.1 Å². The summed E-state index contributed by atoms with van der Waals surface area (Å²) >= 11 is 0. The number of halogens is 1. The molecule has 1 N–H and O–H groups in total. The molecule has 0 fully saturated rings. The zero-order chi connectivity index (χ0) is 14.5. The minimum absolute atomic E-state index is 0.0831. The second-order valence-corrected chi connectivity index (χ2v) is 4.79. The van der Waals surface area contributed by atoms with Crippen molar-refractivity contribution in [3.63, 3.8) is 0 Å². The maximum Gasteiger partial charge on any atom is 0.165 e. The molecule has 0 aliphatic rings. The van der Waals surface area contributed by atoms with Crippen LogP contribution in [0.5, 0.6) is 5.75 Å². The fourth-order valence-electron chi connectivity index (χ4n) is 2.15. The largest absolute Gasteiger partial charge is 0.494 e. The van der Waals surface area contributed by atoms with E-state index in [4.69, 9.17) is 4.74 Å². The molecular weight excluding hydrogens is 255 g/mol. The number of ether oxygens (including phenoxy) is 1. The molecular formula is C16H19FN2O. The summed E-state index contributed by atoms with van der Waals surface area (Å²) in [6.07, 6.45) is 3.60. The van der Waals surface area contributed by atoms with E-state index in [1.54, 1.807) is 18.3 Å². The summed E-state index contributed by atoms with van der Waals surface area (Å²) in [7, 11) is 1.47. The normalized spacial score (nSPS) is 13.8. The Balaban J connectivity index is 2.10. The fourth-order valence-corrected chi connectivity index (χ4v) is 2.15. The molecule has 1 unspecified atom stereocenters. The van der Waals surface area contributed by atoms with Gasteiger partial charge in [0, 0.05) is 24.5 Å². The average molecular weight is 274 g/mol. The number of methoxy groups -OCH3 is 1. The Hall–Kier alpha value is -1.94. The van der Waals surface area contributed by atoms with E-state index in [1.807, 2.05) is 25.3 Å². The SMILES string of the molecule is COc1cc(C(C)N[C@H](C)c2cccnc2)ccc1F. The summed E-state index contributed by atoms with van der Waals surface area (Å²) in [4.78, 5) is 4.12. The third-order valence-electron chi connectivity index (χ3n) is 3.36. The molecule has 0 aliphatic carbocycles. The first-order chi connectivity index (χ1) is 9.61. The van der Waals surface area contributed by atoms with Gasteiger partial charge in [-0.3, -0.25) is 4.98 Å². The van der Waals surface area contributed by atoms with E-state index in [1.165, 1.54) is 13.2 Å². The summed E-state index contributed by atoms with van der Waals surface area (Å²) in [5.41, 5.74) is 2.10. The highest BCUT2D eigenvalue weighted by Crippen LogP contribution is 2.24. The van der Waals surface area contributed by atoms with Crippen LogP contribution in [0.25, 0.3) is 0 Å². The highest BCUT2D eigenvalue weighted by Gasteiger charge is 2.13. The molecule has 106 valence electrons. The summed E-state index contributed by atoms with van der Waals surface area (Å²) in [5.74, 6) is -0.0751. The quantitative estimate of drug-likeness (QED) is 0.903. The predicted octanol–water partition coefficient (Wildman–Crippen LogP) is 3.64. The lowest BCUT2D eigenvalue weighted by Gasteiger charge is -2.21. The second kappa shape index (κ2) is 6.48. The van der Waals surface area contributed by atoms with E-state index in [2.05, 4.69) is 17.2 Å². The molecule has 0 radical (unpaired) electrons. The number of aromatic nitrogens is 1. The number of nitrogens with zero attached hydrogens (tertiary/aromatic N) is 1. The monoisotopic (exact) mass is 274 g/mol. The first-order valence-electron chi connectivity index (χ1n) is 6.61. The molecule has 1 heterocycles. The van der Waals surface area contributed by atoms with E-state index < -0.39 is 0 Å². The molecule has 0 saturated carbocycles. The molecule has 20 heavy (non-hydrogen) atoms. The van der Waals surface area contributed by atoms with Gasteiger partial charge in [0.2, 0.25) is 0 Å². The van der Waals surface area contributed by atoms with Crippen LogP contribution in [0.4, 0.5) is 4.39 Å². The summed E-state index contributed by atoms with van der Waals surface area (Å²) < 4.78 is 18.4. The number of benzene rings is 1. The van der Waals surface area contributed by atoms with Crippen LogP contribution in [0.15, 0.2) is 42.7 Å². The van der Waals surface area contributed by atoms with Crippen molar-refractivity contribution in [2.45, 2.75) is 25.9 Å². The first-order valence-corrected chi connectivity index (χ1v) is 6.61. The van der Waals surface area contributed by atoms with Crippen molar-refractivity contribution in [2.24, 2.45) is 0 Å². The third-order valence-corrected chi connectivity index (χ3v) is 3.36. The van der Waals surface area contributed by atoms with Crippen LogP contribution in [0, 0.1) is 5.82 Å². The maximum atomic E-state index is 13.4. The topological polar surface area (TPSA) is 34.1 Å².